The summed E-state index contributed by atoms with van der Waals surface area (Å²) in [6.45, 7) is 6.62. The molecule has 1 aromatic heterocycles. The second-order valence-corrected chi connectivity index (χ2v) is 5.18. The molecule has 1 N–H and O–H groups in total. The van der Waals surface area contributed by atoms with Crippen molar-refractivity contribution in [1.82, 2.24) is 9.97 Å². The van der Waals surface area contributed by atoms with Crippen molar-refractivity contribution in [3.05, 3.63) is 18.1 Å². The van der Waals surface area contributed by atoms with E-state index in [-0.39, 0.29) is 6.61 Å². The van der Waals surface area contributed by atoms with Crippen molar-refractivity contribution in [3.8, 4) is 0 Å². The maximum absolute atomic E-state index is 9.02. The van der Waals surface area contributed by atoms with Gasteiger partial charge in [0.1, 0.15) is 5.82 Å². The number of hydrogen-bond donors (Lipinski definition) is 1. The summed E-state index contributed by atoms with van der Waals surface area (Å²) in [4.78, 5) is 10.7. The molecule has 0 atom stereocenters. The van der Waals surface area contributed by atoms with E-state index in [1.54, 1.807) is 12.4 Å². The fourth-order valence-corrected chi connectivity index (χ4v) is 1.96. The van der Waals surface area contributed by atoms with Crippen molar-refractivity contribution in [2.45, 2.75) is 33.3 Å². The van der Waals surface area contributed by atoms with E-state index in [1.165, 1.54) is 12.8 Å². The second kappa shape index (κ2) is 4.37. The fraction of sp³-hybridized carbons (Fsp3) is 0.667. The summed E-state index contributed by atoms with van der Waals surface area (Å²) in [7, 11) is 0. The normalized spacial score (nSPS) is 19.8. The lowest BCUT2D eigenvalue weighted by Crippen LogP contribution is -2.37. The maximum atomic E-state index is 9.02. The molecule has 4 nitrogen and oxygen atoms in total. The van der Waals surface area contributed by atoms with E-state index < -0.39 is 0 Å². The largest absolute Gasteiger partial charge is 0.390 e. The minimum absolute atomic E-state index is 0.0415. The maximum Gasteiger partial charge on any atom is 0.147 e. The predicted molar refractivity (Wildman–Crippen MR) is 63.2 cm³/mol. The van der Waals surface area contributed by atoms with E-state index in [2.05, 4.69) is 28.7 Å². The quantitative estimate of drug-likeness (QED) is 0.824. The molecule has 0 spiro atoms. The topological polar surface area (TPSA) is 49.2 Å². The molecule has 1 aliphatic rings. The number of piperidine rings is 1. The standard InChI is InChI=1S/C12H19N3O/c1-12(2)3-5-15(6-4-12)11-8-13-7-10(9-16)14-11/h7-8,16H,3-6,9H2,1-2H3. The average molecular weight is 221 g/mol. The summed E-state index contributed by atoms with van der Waals surface area (Å²) < 4.78 is 0. The lowest BCUT2D eigenvalue weighted by molar-refractivity contribution is 0.272. The Balaban J connectivity index is 2.08. The highest BCUT2D eigenvalue weighted by molar-refractivity contribution is 5.36. The lowest BCUT2D eigenvalue weighted by atomic mass is 9.83. The molecule has 0 unspecified atom stereocenters. The summed E-state index contributed by atoms with van der Waals surface area (Å²) in [5, 5.41) is 9.02. The van der Waals surface area contributed by atoms with Gasteiger partial charge in [-0.25, -0.2) is 4.98 Å². The van der Waals surface area contributed by atoms with Gasteiger partial charge in [0.2, 0.25) is 0 Å². The van der Waals surface area contributed by atoms with Crippen LogP contribution in [0.2, 0.25) is 0 Å². The number of aliphatic hydroxyl groups excluding tert-OH is 1. The van der Waals surface area contributed by atoms with E-state index in [4.69, 9.17) is 5.11 Å². The zero-order valence-electron chi connectivity index (χ0n) is 9.98. The van der Waals surface area contributed by atoms with E-state index in [1.807, 2.05) is 0 Å². The molecule has 1 saturated heterocycles. The number of hydrogen-bond acceptors (Lipinski definition) is 4. The van der Waals surface area contributed by atoms with Crippen LogP contribution >= 0.6 is 0 Å². The van der Waals surface area contributed by atoms with Gasteiger partial charge in [-0.3, -0.25) is 4.98 Å². The number of nitrogens with zero attached hydrogens (tertiary/aromatic N) is 3. The Hall–Kier alpha value is -1.16. The van der Waals surface area contributed by atoms with Crippen molar-refractivity contribution in [2.24, 2.45) is 5.41 Å². The number of anilines is 1. The molecular formula is C12H19N3O. The molecule has 0 aromatic carbocycles. The second-order valence-electron chi connectivity index (χ2n) is 5.18. The molecule has 4 heteroatoms. The van der Waals surface area contributed by atoms with Crippen LogP contribution in [0.5, 0.6) is 0 Å². The third kappa shape index (κ3) is 2.50. The van der Waals surface area contributed by atoms with Gasteiger partial charge in [-0.05, 0) is 18.3 Å². The van der Waals surface area contributed by atoms with Gasteiger partial charge in [0.05, 0.1) is 24.7 Å². The summed E-state index contributed by atoms with van der Waals surface area (Å²) in [6.07, 6.45) is 5.74. The molecule has 1 aliphatic heterocycles. The Morgan fingerprint density at radius 2 is 2.00 bits per heavy atom. The van der Waals surface area contributed by atoms with Crippen LogP contribution in [0, 0.1) is 5.41 Å². The van der Waals surface area contributed by atoms with Gasteiger partial charge in [0.25, 0.3) is 0 Å². The van der Waals surface area contributed by atoms with Crippen molar-refractivity contribution in [1.29, 1.82) is 0 Å². The molecule has 0 radical (unpaired) electrons. The Morgan fingerprint density at radius 1 is 1.31 bits per heavy atom. The third-order valence-corrected chi connectivity index (χ3v) is 3.27. The third-order valence-electron chi connectivity index (χ3n) is 3.27. The zero-order chi connectivity index (χ0) is 11.6. The smallest absolute Gasteiger partial charge is 0.147 e. The molecule has 0 aliphatic carbocycles. The highest BCUT2D eigenvalue weighted by Crippen LogP contribution is 2.31. The molecule has 2 rings (SSSR count). The molecule has 0 bridgehead atoms. The fourth-order valence-electron chi connectivity index (χ4n) is 1.96. The van der Waals surface area contributed by atoms with E-state index in [0.717, 1.165) is 18.9 Å². The zero-order valence-corrected chi connectivity index (χ0v) is 9.98. The average Bonchev–Trinajstić information content (AvgIpc) is 2.29. The van der Waals surface area contributed by atoms with Gasteiger partial charge < -0.3 is 10.0 Å². The van der Waals surface area contributed by atoms with Crippen LogP contribution in [-0.4, -0.2) is 28.2 Å². The molecular weight excluding hydrogens is 202 g/mol. The summed E-state index contributed by atoms with van der Waals surface area (Å²) in [6, 6.07) is 0. The van der Waals surface area contributed by atoms with Crippen LogP contribution in [-0.2, 0) is 6.61 Å². The van der Waals surface area contributed by atoms with Gasteiger partial charge in [-0.2, -0.15) is 0 Å². The molecule has 0 saturated carbocycles. The van der Waals surface area contributed by atoms with E-state index in [9.17, 15) is 0 Å². The van der Waals surface area contributed by atoms with Crippen molar-refractivity contribution < 1.29 is 5.11 Å². The van der Waals surface area contributed by atoms with Crippen LogP contribution < -0.4 is 4.90 Å². The Morgan fingerprint density at radius 3 is 2.62 bits per heavy atom. The SMILES string of the molecule is CC1(C)CCN(c2cncc(CO)n2)CC1. The minimum Gasteiger partial charge on any atom is -0.390 e. The van der Waals surface area contributed by atoms with Gasteiger partial charge in [0.15, 0.2) is 0 Å². The minimum atomic E-state index is -0.0415. The molecule has 16 heavy (non-hydrogen) atoms. The molecule has 1 fully saturated rings. The van der Waals surface area contributed by atoms with Crippen LogP contribution in [0.3, 0.4) is 0 Å². The Kier molecular flexibility index (Phi) is 3.10. The van der Waals surface area contributed by atoms with Crippen LogP contribution in [0.15, 0.2) is 12.4 Å². The first-order valence-corrected chi connectivity index (χ1v) is 5.77. The van der Waals surface area contributed by atoms with Crippen LogP contribution in [0.25, 0.3) is 0 Å². The van der Waals surface area contributed by atoms with Gasteiger partial charge in [-0.1, -0.05) is 13.8 Å². The van der Waals surface area contributed by atoms with E-state index in [0.29, 0.717) is 11.1 Å². The van der Waals surface area contributed by atoms with Crippen molar-refractivity contribution in [2.75, 3.05) is 18.0 Å². The monoisotopic (exact) mass is 221 g/mol. The van der Waals surface area contributed by atoms with Crippen LogP contribution in [0.1, 0.15) is 32.4 Å². The highest BCUT2D eigenvalue weighted by Gasteiger charge is 2.26. The predicted octanol–water partition coefficient (Wildman–Crippen LogP) is 1.60. The number of aromatic nitrogens is 2. The van der Waals surface area contributed by atoms with Gasteiger partial charge >= 0.3 is 0 Å². The lowest BCUT2D eigenvalue weighted by Gasteiger charge is -2.37. The van der Waals surface area contributed by atoms with E-state index >= 15 is 0 Å². The Labute approximate surface area is 96.3 Å². The van der Waals surface area contributed by atoms with Crippen LogP contribution in [0.4, 0.5) is 5.82 Å². The van der Waals surface area contributed by atoms with Crippen molar-refractivity contribution in [3.63, 3.8) is 0 Å². The number of aliphatic hydroxyl groups is 1. The summed E-state index contributed by atoms with van der Waals surface area (Å²) >= 11 is 0. The summed E-state index contributed by atoms with van der Waals surface area (Å²) in [5.74, 6) is 0.891. The van der Waals surface area contributed by atoms with Gasteiger partial charge in [-0.15, -0.1) is 0 Å². The number of rotatable bonds is 2. The Bertz CT molecular complexity index is 355. The molecule has 0 amide bonds. The molecule has 88 valence electrons. The first-order chi connectivity index (χ1) is 7.61. The highest BCUT2D eigenvalue weighted by atomic mass is 16.3. The first-order valence-electron chi connectivity index (χ1n) is 5.77. The first kappa shape index (κ1) is 11.3. The van der Waals surface area contributed by atoms with Gasteiger partial charge in [0, 0.05) is 13.1 Å². The molecule has 1 aromatic rings. The molecule has 2 heterocycles. The van der Waals surface area contributed by atoms with Crippen molar-refractivity contribution >= 4 is 5.82 Å². The summed E-state index contributed by atoms with van der Waals surface area (Å²) in [5.41, 5.74) is 1.08.